The molecule has 0 aromatic heterocycles. The minimum absolute atomic E-state index is 0.126. The molecule has 2 atom stereocenters. The number of aliphatic hydroxyl groups is 1. The number of hydrogen-bond acceptors (Lipinski definition) is 3. The molecule has 3 N–H and O–H groups in total. The van der Waals surface area contributed by atoms with Crippen LogP contribution in [-0.4, -0.2) is 29.6 Å². The summed E-state index contributed by atoms with van der Waals surface area (Å²) in [6.07, 6.45) is 3.18. The molecule has 1 aromatic rings. The zero-order valence-corrected chi connectivity index (χ0v) is 14.8. The standard InChI is InChI=1S/C19H28N2O3/c1-19(2,3)15-9-4-5-10-16(15)21-18(24)17(23)20-12-13-7-6-8-14(22)11-13/h4-5,9-10,13-14,22H,6-8,11-12H2,1-3H3,(H,20,23)(H,21,24). The molecule has 0 aliphatic heterocycles. The van der Waals surface area contributed by atoms with Gasteiger partial charge in [-0.2, -0.15) is 0 Å². The predicted octanol–water partition coefficient (Wildman–Crippen LogP) is 2.59. The highest BCUT2D eigenvalue weighted by molar-refractivity contribution is 6.39. The first-order valence-corrected chi connectivity index (χ1v) is 8.64. The summed E-state index contributed by atoms with van der Waals surface area (Å²) in [6, 6.07) is 7.52. The van der Waals surface area contributed by atoms with Gasteiger partial charge < -0.3 is 15.7 Å². The summed E-state index contributed by atoms with van der Waals surface area (Å²) in [5.74, 6) is -1.03. The predicted molar refractivity (Wildman–Crippen MR) is 94.7 cm³/mol. The molecule has 132 valence electrons. The van der Waals surface area contributed by atoms with Gasteiger partial charge in [0.05, 0.1) is 6.10 Å². The van der Waals surface area contributed by atoms with Crippen molar-refractivity contribution in [3.05, 3.63) is 29.8 Å². The van der Waals surface area contributed by atoms with Crippen molar-refractivity contribution in [3.8, 4) is 0 Å². The van der Waals surface area contributed by atoms with E-state index in [2.05, 4.69) is 31.4 Å². The summed E-state index contributed by atoms with van der Waals surface area (Å²) in [7, 11) is 0. The molecule has 0 heterocycles. The van der Waals surface area contributed by atoms with Crippen LogP contribution >= 0.6 is 0 Å². The Morgan fingerprint density at radius 2 is 1.88 bits per heavy atom. The van der Waals surface area contributed by atoms with Crippen LogP contribution < -0.4 is 10.6 Å². The summed E-state index contributed by atoms with van der Waals surface area (Å²) in [5.41, 5.74) is 1.53. The van der Waals surface area contributed by atoms with Crippen molar-refractivity contribution >= 4 is 17.5 Å². The Bertz CT molecular complexity index is 593. The van der Waals surface area contributed by atoms with Gasteiger partial charge in [0.15, 0.2) is 0 Å². The van der Waals surface area contributed by atoms with Crippen LogP contribution in [0.25, 0.3) is 0 Å². The van der Waals surface area contributed by atoms with Crippen molar-refractivity contribution in [1.29, 1.82) is 0 Å². The number of aliphatic hydroxyl groups excluding tert-OH is 1. The first-order chi connectivity index (χ1) is 11.3. The molecule has 1 aliphatic carbocycles. The summed E-state index contributed by atoms with van der Waals surface area (Å²) in [4.78, 5) is 24.2. The van der Waals surface area contributed by atoms with E-state index in [1.165, 1.54) is 0 Å². The molecule has 1 aliphatic rings. The molecule has 24 heavy (non-hydrogen) atoms. The van der Waals surface area contributed by atoms with Crippen LogP contribution in [0.2, 0.25) is 0 Å². The van der Waals surface area contributed by atoms with E-state index in [9.17, 15) is 14.7 Å². The Labute approximate surface area is 143 Å². The molecule has 1 aromatic carbocycles. The van der Waals surface area contributed by atoms with Crippen LogP contribution in [0.3, 0.4) is 0 Å². The summed E-state index contributed by atoms with van der Waals surface area (Å²) in [6.45, 7) is 6.62. The van der Waals surface area contributed by atoms with E-state index in [1.54, 1.807) is 0 Å². The third-order valence-electron chi connectivity index (χ3n) is 4.50. The topological polar surface area (TPSA) is 78.4 Å². The fourth-order valence-electron chi connectivity index (χ4n) is 3.19. The highest BCUT2D eigenvalue weighted by atomic mass is 16.3. The van der Waals surface area contributed by atoms with Crippen molar-refractivity contribution < 1.29 is 14.7 Å². The quantitative estimate of drug-likeness (QED) is 0.745. The Hall–Kier alpha value is -1.88. The van der Waals surface area contributed by atoms with Gasteiger partial charge in [-0.15, -0.1) is 0 Å². The molecule has 0 spiro atoms. The Morgan fingerprint density at radius 1 is 1.17 bits per heavy atom. The summed E-state index contributed by atoms with van der Waals surface area (Å²) < 4.78 is 0. The van der Waals surface area contributed by atoms with E-state index in [1.807, 2.05) is 24.3 Å². The smallest absolute Gasteiger partial charge is 0.313 e. The molecule has 0 radical (unpaired) electrons. The fourth-order valence-corrected chi connectivity index (χ4v) is 3.19. The van der Waals surface area contributed by atoms with Gasteiger partial charge in [-0.1, -0.05) is 45.4 Å². The molecule has 1 fully saturated rings. The van der Waals surface area contributed by atoms with E-state index in [4.69, 9.17) is 0 Å². The van der Waals surface area contributed by atoms with Crippen LogP contribution in [0.15, 0.2) is 24.3 Å². The molecule has 0 bridgehead atoms. The largest absolute Gasteiger partial charge is 0.393 e. The number of amides is 2. The van der Waals surface area contributed by atoms with Crippen molar-refractivity contribution in [3.63, 3.8) is 0 Å². The third-order valence-corrected chi connectivity index (χ3v) is 4.50. The molecule has 2 rings (SSSR count). The lowest BCUT2D eigenvalue weighted by Gasteiger charge is -2.26. The van der Waals surface area contributed by atoms with E-state index < -0.39 is 11.8 Å². The molecule has 5 nitrogen and oxygen atoms in total. The van der Waals surface area contributed by atoms with Crippen molar-refractivity contribution in [1.82, 2.24) is 5.32 Å². The average molecular weight is 332 g/mol. The number of carbonyl (C=O) groups is 2. The minimum atomic E-state index is -0.650. The highest BCUT2D eigenvalue weighted by Crippen LogP contribution is 2.29. The number of benzene rings is 1. The van der Waals surface area contributed by atoms with Gasteiger partial charge in [0.1, 0.15) is 0 Å². The molecule has 2 unspecified atom stereocenters. The molecular weight excluding hydrogens is 304 g/mol. The van der Waals surface area contributed by atoms with Gasteiger partial charge in [0.2, 0.25) is 0 Å². The number of anilines is 1. The van der Waals surface area contributed by atoms with E-state index in [0.29, 0.717) is 18.7 Å². The average Bonchev–Trinajstić information content (AvgIpc) is 2.52. The second-order valence-electron chi connectivity index (χ2n) is 7.65. The number of nitrogens with one attached hydrogen (secondary N) is 2. The maximum Gasteiger partial charge on any atom is 0.313 e. The van der Waals surface area contributed by atoms with Crippen LogP contribution in [0, 0.1) is 5.92 Å². The highest BCUT2D eigenvalue weighted by Gasteiger charge is 2.23. The number of hydrogen-bond donors (Lipinski definition) is 3. The minimum Gasteiger partial charge on any atom is -0.393 e. The van der Waals surface area contributed by atoms with Gasteiger partial charge in [-0.05, 0) is 42.2 Å². The lowest BCUT2D eigenvalue weighted by atomic mass is 9.86. The molecule has 2 amide bonds. The zero-order chi connectivity index (χ0) is 17.7. The summed E-state index contributed by atoms with van der Waals surface area (Å²) in [5, 5.41) is 15.1. The Balaban J connectivity index is 1.91. The van der Waals surface area contributed by atoms with Gasteiger partial charge in [-0.25, -0.2) is 0 Å². The van der Waals surface area contributed by atoms with Crippen LogP contribution in [-0.2, 0) is 15.0 Å². The van der Waals surface area contributed by atoms with Gasteiger partial charge in [0, 0.05) is 12.2 Å². The van der Waals surface area contributed by atoms with Crippen molar-refractivity contribution in [2.75, 3.05) is 11.9 Å². The van der Waals surface area contributed by atoms with Crippen LogP contribution in [0.1, 0.15) is 52.0 Å². The lowest BCUT2D eigenvalue weighted by molar-refractivity contribution is -0.136. The van der Waals surface area contributed by atoms with Crippen LogP contribution in [0.5, 0.6) is 0 Å². The third kappa shape index (κ3) is 5.06. The van der Waals surface area contributed by atoms with E-state index in [0.717, 1.165) is 24.8 Å². The second-order valence-corrected chi connectivity index (χ2v) is 7.65. The maximum absolute atomic E-state index is 12.2. The Kier molecular flexibility index (Phi) is 5.99. The van der Waals surface area contributed by atoms with Crippen molar-refractivity contribution in [2.24, 2.45) is 5.92 Å². The first-order valence-electron chi connectivity index (χ1n) is 8.64. The first kappa shape index (κ1) is 18.5. The number of para-hydroxylation sites is 1. The molecule has 1 saturated carbocycles. The summed E-state index contributed by atoms with van der Waals surface area (Å²) >= 11 is 0. The fraction of sp³-hybridized carbons (Fsp3) is 0.579. The van der Waals surface area contributed by atoms with Gasteiger partial charge in [0.25, 0.3) is 0 Å². The van der Waals surface area contributed by atoms with Crippen LogP contribution in [0.4, 0.5) is 5.69 Å². The normalized spacial score (nSPS) is 21.2. The van der Waals surface area contributed by atoms with E-state index in [-0.39, 0.29) is 17.4 Å². The van der Waals surface area contributed by atoms with Gasteiger partial charge >= 0.3 is 11.8 Å². The second kappa shape index (κ2) is 7.79. The molecular formula is C19H28N2O3. The van der Waals surface area contributed by atoms with E-state index >= 15 is 0 Å². The molecule has 0 saturated heterocycles. The molecule has 5 heteroatoms. The zero-order valence-electron chi connectivity index (χ0n) is 14.8. The maximum atomic E-state index is 12.2. The van der Waals surface area contributed by atoms with Crippen molar-refractivity contribution in [2.45, 2.75) is 58.0 Å². The Morgan fingerprint density at radius 3 is 2.54 bits per heavy atom. The van der Waals surface area contributed by atoms with Gasteiger partial charge in [-0.3, -0.25) is 9.59 Å². The number of rotatable bonds is 3. The monoisotopic (exact) mass is 332 g/mol. The SMILES string of the molecule is CC(C)(C)c1ccccc1NC(=O)C(=O)NCC1CCCC(O)C1. The number of carbonyl (C=O) groups excluding carboxylic acids is 2. The lowest BCUT2D eigenvalue weighted by Crippen LogP contribution is -2.39.